The number of thiazole rings is 1. The van der Waals surface area contributed by atoms with Crippen LogP contribution in [0.2, 0.25) is 0 Å². The van der Waals surface area contributed by atoms with Gasteiger partial charge >= 0.3 is 6.18 Å². The third-order valence-corrected chi connectivity index (χ3v) is 4.60. The van der Waals surface area contributed by atoms with Crippen molar-refractivity contribution in [2.24, 2.45) is 4.99 Å². The maximum absolute atomic E-state index is 13.2. The van der Waals surface area contributed by atoms with E-state index in [9.17, 15) is 17.6 Å². The lowest BCUT2D eigenvalue weighted by molar-refractivity contribution is -0.140. The summed E-state index contributed by atoms with van der Waals surface area (Å²) in [7, 11) is 1.55. The van der Waals surface area contributed by atoms with Crippen molar-refractivity contribution >= 4 is 41.3 Å². The number of aliphatic imine (C=N–C) groups is 1. The summed E-state index contributed by atoms with van der Waals surface area (Å²) in [6.45, 7) is 0.484. The van der Waals surface area contributed by atoms with Crippen LogP contribution in [0.25, 0.3) is 0 Å². The normalized spacial score (nSPS) is 11.6. The molecule has 0 bridgehead atoms. The summed E-state index contributed by atoms with van der Waals surface area (Å²) in [6.07, 6.45) is -2.86. The standard InChI is InChI=1S/C19H17F4N5OS.HI/c1-24-18(27-10-17-28-15(11-30-17)19(21,22)23)26-9-12-5-6-16(25-8-12)29-14-4-2-3-13(20)7-14;/h2-8,11H,9-10H2,1H3,(H2,24,26,27);1H. The largest absolute Gasteiger partial charge is 0.439 e. The molecule has 2 heterocycles. The molecule has 166 valence electrons. The van der Waals surface area contributed by atoms with Gasteiger partial charge in [-0.2, -0.15) is 13.2 Å². The molecule has 0 saturated heterocycles. The van der Waals surface area contributed by atoms with Gasteiger partial charge in [0.1, 0.15) is 16.6 Å². The van der Waals surface area contributed by atoms with E-state index in [2.05, 4.69) is 25.6 Å². The predicted molar refractivity (Wildman–Crippen MR) is 120 cm³/mol. The Morgan fingerprint density at radius 2 is 1.94 bits per heavy atom. The molecule has 2 aromatic heterocycles. The quantitative estimate of drug-likeness (QED) is 0.191. The highest BCUT2D eigenvalue weighted by Gasteiger charge is 2.33. The molecule has 0 saturated carbocycles. The molecule has 31 heavy (non-hydrogen) atoms. The zero-order valence-electron chi connectivity index (χ0n) is 16.1. The molecule has 0 fully saturated rings. The number of aromatic nitrogens is 2. The highest BCUT2D eigenvalue weighted by molar-refractivity contribution is 14.0. The van der Waals surface area contributed by atoms with Crippen molar-refractivity contribution in [2.45, 2.75) is 19.3 Å². The van der Waals surface area contributed by atoms with E-state index in [1.165, 1.54) is 18.2 Å². The zero-order valence-corrected chi connectivity index (χ0v) is 19.3. The van der Waals surface area contributed by atoms with Crippen LogP contribution in [0.15, 0.2) is 53.0 Å². The van der Waals surface area contributed by atoms with E-state index >= 15 is 0 Å². The number of hydrogen-bond donors (Lipinski definition) is 2. The summed E-state index contributed by atoms with van der Waals surface area (Å²) in [5, 5.41) is 7.22. The Labute approximate surface area is 196 Å². The topological polar surface area (TPSA) is 71.4 Å². The predicted octanol–water partition coefficient (Wildman–Crippen LogP) is 4.97. The first-order chi connectivity index (χ1) is 14.3. The van der Waals surface area contributed by atoms with Crippen molar-refractivity contribution in [1.29, 1.82) is 0 Å². The van der Waals surface area contributed by atoms with E-state index in [1.807, 2.05) is 0 Å². The molecule has 1 aromatic carbocycles. The van der Waals surface area contributed by atoms with Crippen LogP contribution >= 0.6 is 35.3 Å². The molecule has 0 radical (unpaired) electrons. The Balaban J connectivity index is 0.00000341. The fourth-order valence-corrected chi connectivity index (χ4v) is 3.06. The van der Waals surface area contributed by atoms with Crippen LogP contribution in [0.1, 0.15) is 16.3 Å². The van der Waals surface area contributed by atoms with Gasteiger partial charge in [0.05, 0.1) is 6.54 Å². The highest BCUT2D eigenvalue weighted by atomic mass is 127. The molecule has 0 unspecified atom stereocenters. The minimum atomic E-state index is -4.45. The van der Waals surface area contributed by atoms with Gasteiger partial charge in [-0.15, -0.1) is 35.3 Å². The number of guanidine groups is 1. The zero-order chi connectivity index (χ0) is 21.6. The van der Waals surface area contributed by atoms with Crippen LogP contribution in [0, 0.1) is 5.82 Å². The van der Waals surface area contributed by atoms with Crippen LogP contribution in [0.4, 0.5) is 17.6 Å². The number of rotatable bonds is 6. The van der Waals surface area contributed by atoms with E-state index < -0.39 is 17.7 Å². The summed E-state index contributed by atoms with van der Waals surface area (Å²) in [4.78, 5) is 11.7. The SMILES string of the molecule is CN=C(NCc1ccc(Oc2cccc(F)c2)nc1)NCc1nc(C(F)(F)F)cs1.I. The molecule has 3 aromatic rings. The molecule has 0 spiro atoms. The van der Waals surface area contributed by atoms with Crippen LogP contribution in [-0.4, -0.2) is 23.0 Å². The number of benzene rings is 1. The molecule has 0 aliphatic heterocycles. The van der Waals surface area contributed by atoms with Crippen LogP contribution < -0.4 is 15.4 Å². The molecule has 12 heteroatoms. The third kappa shape index (κ3) is 7.61. The first-order valence-electron chi connectivity index (χ1n) is 8.68. The molecule has 0 amide bonds. The second-order valence-corrected chi connectivity index (χ2v) is 6.91. The summed E-state index contributed by atoms with van der Waals surface area (Å²) < 4.78 is 56.5. The molecular formula is C19H18F4IN5OS. The number of nitrogens with zero attached hydrogens (tertiary/aromatic N) is 3. The van der Waals surface area contributed by atoms with E-state index in [0.717, 1.165) is 22.3 Å². The van der Waals surface area contributed by atoms with Gasteiger partial charge in [-0.05, 0) is 17.7 Å². The van der Waals surface area contributed by atoms with E-state index in [-0.39, 0.29) is 30.5 Å². The minimum Gasteiger partial charge on any atom is -0.439 e. The van der Waals surface area contributed by atoms with Crippen molar-refractivity contribution in [3.8, 4) is 11.6 Å². The average Bonchev–Trinajstić information content (AvgIpc) is 3.19. The van der Waals surface area contributed by atoms with Crippen LogP contribution in [0.3, 0.4) is 0 Å². The van der Waals surface area contributed by atoms with Crippen LogP contribution in [0.5, 0.6) is 11.6 Å². The van der Waals surface area contributed by atoms with Gasteiger partial charge in [0.2, 0.25) is 5.88 Å². The number of hydrogen-bond acceptors (Lipinski definition) is 5. The maximum Gasteiger partial charge on any atom is 0.434 e. The summed E-state index contributed by atoms with van der Waals surface area (Å²) in [5.74, 6) is 0.656. The lowest BCUT2D eigenvalue weighted by Gasteiger charge is -2.11. The summed E-state index contributed by atoms with van der Waals surface area (Å²) in [6, 6.07) is 9.16. The third-order valence-electron chi connectivity index (χ3n) is 3.75. The Bertz CT molecular complexity index is 1010. The van der Waals surface area contributed by atoms with Gasteiger partial charge < -0.3 is 15.4 Å². The van der Waals surface area contributed by atoms with Crippen molar-refractivity contribution in [2.75, 3.05) is 7.05 Å². The van der Waals surface area contributed by atoms with Crippen molar-refractivity contribution in [3.05, 3.63) is 70.1 Å². The van der Waals surface area contributed by atoms with E-state index in [1.54, 1.807) is 31.4 Å². The van der Waals surface area contributed by atoms with Crippen LogP contribution in [-0.2, 0) is 19.3 Å². The van der Waals surface area contributed by atoms with Crippen molar-refractivity contribution in [3.63, 3.8) is 0 Å². The number of nitrogens with one attached hydrogen (secondary N) is 2. The Hall–Kier alpha value is -2.48. The van der Waals surface area contributed by atoms with Gasteiger partial charge in [0, 0.05) is 37.3 Å². The molecule has 0 atom stereocenters. The molecule has 3 rings (SSSR count). The monoisotopic (exact) mass is 567 g/mol. The van der Waals surface area contributed by atoms with E-state index in [4.69, 9.17) is 4.74 Å². The molecule has 2 N–H and O–H groups in total. The lowest BCUT2D eigenvalue weighted by Crippen LogP contribution is -2.36. The summed E-state index contributed by atoms with van der Waals surface area (Å²) in [5.41, 5.74) is -0.0861. The first-order valence-corrected chi connectivity index (χ1v) is 9.56. The van der Waals surface area contributed by atoms with E-state index in [0.29, 0.717) is 29.1 Å². The second-order valence-electron chi connectivity index (χ2n) is 5.97. The first kappa shape index (κ1) is 24.8. The second kappa shape index (κ2) is 11.2. The van der Waals surface area contributed by atoms with Gasteiger partial charge in [-0.3, -0.25) is 4.99 Å². The molecule has 0 aliphatic carbocycles. The number of pyridine rings is 1. The van der Waals surface area contributed by atoms with Crippen molar-refractivity contribution < 1.29 is 22.3 Å². The summed E-state index contributed by atoms with van der Waals surface area (Å²) >= 11 is 0.923. The lowest BCUT2D eigenvalue weighted by atomic mass is 10.3. The smallest absolute Gasteiger partial charge is 0.434 e. The fraction of sp³-hybridized carbons (Fsp3) is 0.211. The number of alkyl halides is 3. The maximum atomic E-state index is 13.2. The number of halogens is 5. The van der Waals surface area contributed by atoms with Crippen molar-refractivity contribution in [1.82, 2.24) is 20.6 Å². The van der Waals surface area contributed by atoms with Gasteiger partial charge in [0.15, 0.2) is 11.7 Å². The Kier molecular flexibility index (Phi) is 8.98. The number of ether oxygens (including phenoxy) is 1. The minimum absolute atomic E-state index is 0. The van der Waals surface area contributed by atoms with Gasteiger partial charge in [0.25, 0.3) is 0 Å². The highest BCUT2D eigenvalue weighted by Crippen LogP contribution is 2.29. The van der Waals surface area contributed by atoms with Gasteiger partial charge in [-0.1, -0.05) is 12.1 Å². The molecule has 0 aliphatic rings. The average molecular weight is 567 g/mol. The molecule has 6 nitrogen and oxygen atoms in total. The van der Waals surface area contributed by atoms with Gasteiger partial charge in [-0.25, -0.2) is 14.4 Å². The Morgan fingerprint density at radius 1 is 1.16 bits per heavy atom. The molecular weight excluding hydrogens is 549 g/mol. The Morgan fingerprint density at radius 3 is 2.55 bits per heavy atom. The fourth-order valence-electron chi connectivity index (χ4n) is 2.32.